The van der Waals surface area contributed by atoms with Crippen LogP contribution in [0.1, 0.15) is 5.56 Å². The highest BCUT2D eigenvalue weighted by molar-refractivity contribution is 7.86. The summed E-state index contributed by atoms with van der Waals surface area (Å²) in [6, 6.07) is 5.61. The highest BCUT2D eigenvalue weighted by atomic mass is 32.2. The van der Waals surface area contributed by atoms with E-state index in [1.54, 1.807) is 4.90 Å². The fourth-order valence-corrected chi connectivity index (χ4v) is 4.11. The number of benzene rings is 1. The molecule has 9 nitrogen and oxygen atoms in total. The highest BCUT2D eigenvalue weighted by Gasteiger charge is 2.30. The number of fused-ring (bicyclic) bond motifs is 1. The number of carbonyl (C=O) groups excluding carboxylic acids is 1. The zero-order chi connectivity index (χ0) is 19.4. The molecule has 2 amide bonds. The lowest BCUT2D eigenvalue weighted by Crippen LogP contribution is -2.55. The summed E-state index contributed by atoms with van der Waals surface area (Å²) in [7, 11) is -0.411. The van der Waals surface area contributed by atoms with Gasteiger partial charge in [0.2, 0.25) is 0 Å². The Kier molecular flexibility index (Phi) is 6.08. The van der Waals surface area contributed by atoms with Crippen LogP contribution in [0.4, 0.5) is 4.79 Å². The van der Waals surface area contributed by atoms with Crippen molar-refractivity contribution in [1.82, 2.24) is 18.8 Å². The van der Waals surface area contributed by atoms with Crippen molar-refractivity contribution < 1.29 is 22.7 Å². The Bertz CT molecular complexity index is 776. The number of rotatable bonds is 5. The summed E-state index contributed by atoms with van der Waals surface area (Å²) < 4.78 is 37.9. The second-order valence-electron chi connectivity index (χ2n) is 6.64. The zero-order valence-corrected chi connectivity index (χ0v) is 16.5. The summed E-state index contributed by atoms with van der Waals surface area (Å²) >= 11 is 0. The number of carbonyl (C=O) groups is 1. The third-order valence-corrected chi connectivity index (χ3v) is 6.55. The first-order valence-corrected chi connectivity index (χ1v) is 10.4. The molecule has 0 bridgehead atoms. The maximum Gasteiger partial charge on any atom is 0.317 e. The van der Waals surface area contributed by atoms with E-state index in [1.807, 2.05) is 18.2 Å². The van der Waals surface area contributed by atoms with Gasteiger partial charge in [-0.25, -0.2) is 4.79 Å². The average Bonchev–Trinajstić information content (AvgIpc) is 2.67. The first-order chi connectivity index (χ1) is 12.9. The molecule has 1 N–H and O–H groups in total. The van der Waals surface area contributed by atoms with Gasteiger partial charge >= 0.3 is 6.03 Å². The second-order valence-corrected chi connectivity index (χ2v) is 8.78. The van der Waals surface area contributed by atoms with E-state index in [0.29, 0.717) is 52.4 Å². The van der Waals surface area contributed by atoms with Crippen LogP contribution >= 0.6 is 0 Å². The molecular formula is C17H26N4O5S. The molecule has 1 saturated heterocycles. The van der Waals surface area contributed by atoms with Crippen molar-refractivity contribution in [2.24, 2.45) is 0 Å². The van der Waals surface area contributed by atoms with Gasteiger partial charge in [0.05, 0.1) is 0 Å². The number of amides is 2. The third kappa shape index (κ3) is 4.63. The molecule has 1 fully saturated rings. The van der Waals surface area contributed by atoms with Crippen LogP contribution < -0.4 is 14.8 Å². The molecule has 3 rings (SSSR count). The Morgan fingerprint density at radius 3 is 2.44 bits per heavy atom. The van der Waals surface area contributed by atoms with Crippen LogP contribution in [0.5, 0.6) is 11.5 Å². The van der Waals surface area contributed by atoms with Gasteiger partial charge in [-0.2, -0.15) is 17.0 Å². The standard InChI is InChI=1S/C17H26N4O5S/c1-19(2)27(23,24)21-9-7-20(8-10-21)17(22)18-6-5-14-3-4-15-16(13-14)26-12-11-25-15/h3-4,13H,5-12H2,1-2H3,(H,18,22). The zero-order valence-electron chi connectivity index (χ0n) is 15.7. The van der Waals surface area contributed by atoms with Gasteiger partial charge < -0.3 is 19.7 Å². The topological polar surface area (TPSA) is 91.4 Å². The van der Waals surface area contributed by atoms with Gasteiger partial charge in [0.1, 0.15) is 13.2 Å². The largest absolute Gasteiger partial charge is 0.486 e. The maximum absolute atomic E-state index is 12.3. The van der Waals surface area contributed by atoms with Crippen LogP contribution in [0, 0.1) is 0 Å². The fourth-order valence-electron chi connectivity index (χ4n) is 3.02. The van der Waals surface area contributed by atoms with Crippen LogP contribution in [0.2, 0.25) is 0 Å². The van der Waals surface area contributed by atoms with Crippen molar-refractivity contribution in [3.8, 4) is 11.5 Å². The second kappa shape index (κ2) is 8.32. The van der Waals surface area contributed by atoms with Crippen molar-refractivity contribution in [3.63, 3.8) is 0 Å². The molecule has 1 aromatic rings. The van der Waals surface area contributed by atoms with Crippen molar-refractivity contribution in [2.45, 2.75) is 6.42 Å². The SMILES string of the molecule is CN(C)S(=O)(=O)N1CCN(C(=O)NCCc2ccc3c(c2)OCCO3)CC1. The van der Waals surface area contributed by atoms with Gasteiger partial charge in [0, 0.05) is 46.8 Å². The number of nitrogens with zero attached hydrogens (tertiary/aromatic N) is 3. The predicted octanol–water partition coefficient (Wildman–Crippen LogP) is 0.134. The monoisotopic (exact) mass is 398 g/mol. The molecule has 0 atom stereocenters. The Labute approximate surface area is 160 Å². The van der Waals surface area contributed by atoms with Gasteiger partial charge in [0.15, 0.2) is 11.5 Å². The molecule has 0 saturated carbocycles. The molecule has 27 heavy (non-hydrogen) atoms. The Hall–Kier alpha value is -2.04. The van der Waals surface area contributed by atoms with E-state index >= 15 is 0 Å². The molecule has 2 aliphatic heterocycles. The first-order valence-electron chi connectivity index (χ1n) is 8.97. The molecule has 0 aliphatic carbocycles. The van der Waals surface area contributed by atoms with E-state index in [2.05, 4.69) is 5.32 Å². The normalized spacial score (nSPS) is 17.8. The van der Waals surface area contributed by atoms with Crippen LogP contribution in [-0.4, -0.2) is 88.0 Å². The maximum atomic E-state index is 12.3. The minimum Gasteiger partial charge on any atom is -0.486 e. The summed E-state index contributed by atoms with van der Waals surface area (Å²) in [4.78, 5) is 13.9. The number of hydrogen-bond donors (Lipinski definition) is 1. The van der Waals surface area contributed by atoms with E-state index in [-0.39, 0.29) is 6.03 Å². The number of hydrogen-bond acceptors (Lipinski definition) is 5. The van der Waals surface area contributed by atoms with E-state index in [1.165, 1.54) is 22.7 Å². The molecular weight excluding hydrogens is 372 g/mol. The lowest BCUT2D eigenvalue weighted by Gasteiger charge is -2.35. The van der Waals surface area contributed by atoms with Crippen molar-refractivity contribution in [2.75, 3.05) is 60.0 Å². The molecule has 0 unspecified atom stereocenters. The van der Waals surface area contributed by atoms with Gasteiger partial charge in [-0.05, 0) is 24.1 Å². The summed E-state index contributed by atoms with van der Waals surface area (Å²) in [6.07, 6.45) is 0.678. The van der Waals surface area contributed by atoms with E-state index in [9.17, 15) is 13.2 Å². The third-order valence-electron chi connectivity index (χ3n) is 4.61. The van der Waals surface area contributed by atoms with E-state index in [4.69, 9.17) is 9.47 Å². The lowest BCUT2D eigenvalue weighted by molar-refractivity contribution is 0.170. The number of urea groups is 1. The number of ether oxygens (including phenoxy) is 2. The fraction of sp³-hybridized carbons (Fsp3) is 0.588. The molecule has 0 spiro atoms. The molecule has 2 heterocycles. The van der Waals surface area contributed by atoms with Crippen molar-refractivity contribution >= 4 is 16.2 Å². The summed E-state index contributed by atoms with van der Waals surface area (Å²) in [5.74, 6) is 1.49. The molecule has 1 aromatic carbocycles. The quantitative estimate of drug-likeness (QED) is 0.762. The van der Waals surface area contributed by atoms with Gasteiger partial charge in [-0.3, -0.25) is 0 Å². The van der Waals surface area contributed by atoms with Gasteiger partial charge in [0.25, 0.3) is 10.2 Å². The Morgan fingerprint density at radius 1 is 1.11 bits per heavy atom. The van der Waals surface area contributed by atoms with Crippen LogP contribution in [0.3, 0.4) is 0 Å². The highest BCUT2D eigenvalue weighted by Crippen LogP contribution is 2.30. The number of nitrogens with one attached hydrogen (secondary N) is 1. The first kappa shape index (κ1) is 19.7. The average molecular weight is 398 g/mol. The Balaban J connectivity index is 1.44. The van der Waals surface area contributed by atoms with Crippen LogP contribution in [0.15, 0.2) is 18.2 Å². The Morgan fingerprint density at radius 2 is 1.78 bits per heavy atom. The molecule has 0 aromatic heterocycles. The summed E-state index contributed by atoms with van der Waals surface area (Å²) in [5.41, 5.74) is 1.06. The lowest BCUT2D eigenvalue weighted by atomic mass is 10.1. The van der Waals surface area contributed by atoms with Gasteiger partial charge in [-0.1, -0.05) is 6.07 Å². The number of piperazine rings is 1. The van der Waals surface area contributed by atoms with Gasteiger partial charge in [-0.15, -0.1) is 0 Å². The van der Waals surface area contributed by atoms with Crippen LogP contribution in [-0.2, 0) is 16.6 Å². The smallest absolute Gasteiger partial charge is 0.317 e. The van der Waals surface area contributed by atoms with Crippen molar-refractivity contribution in [1.29, 1.82) is 0 Å². The summed E-state index contributed by atoms with van der Waals surface area (Å²) in [5, 5.41) is 2.89. The minimum atomic E-state index is -3.42. The molecule has 10 heteroatoms. The molecule has 150 valence electrons. The van der Waals surface area contributed by atoms with E-state index < -0.39 is 10.2 Å². The van der Waals surface area contributed by atoms with Crippen LogP contribution in [0.25, 0.3) is 0 Å². The van der Waals surface area contributed by atoms with E-state index in [0.717, 1.165) is 17.1 Å². The van der Waals surface area contributed by atoms with Crippen molar-refractivity contribution in [3.05, 3.63) is 23.8 Å². The predicted molar refractivity (Wildman–Crippen MR) is 100 cm³/mol. The summed E-state index contributed by atoms with van der Waals surface area (Å²) in [6.45, 7) is 2.96. The molecule has 0 radical (unpaired) electrons. The minimum absolute atomic E-state index is 0.172. The molecule has 2 aliphatic rings.